The number of hydrogen-bond donors (Lipinski definition) is 2. The van der Waals surface area contributed by atoms with Crippen LogP contribution in [0.5, 0.6) is 5.75 Å². The van der Waals surface area contributed by atoms with Crippen molar-refractivity contribution in [2.45, 2.75) is 13.0 Å². The first-order valence-electron chi connectivity index (χ1n) is 8.89. The molecule has 0 spiro atoms. The number of aromatic nitrogens is 3. The molecule has 0 fully saturated rings. The molecule has 0 saturated carbocycles. The number of carbonyl (C=O) groups excluding carboxylic acids is 2. The lowest BCUT2D eigenvalue weighted by Gasteiger charge is -2.15. The zero-order valence-corrected chi connectivity index (χ0v) is 15.5. The summed E-state index contributed by atoms with van der Waals surface area (Å²) < 4.78 is 7.05. The minimum absolute atomic E-state index is 0.102. The lowest BCUT2D eigenvalue weighted by Crippen LogP contribution is -2.48. The standard InChI is InChI=1S/C20H17N5O4/c1-12-10-15(26)17(24-25(12)13-6-3-2-4-7-13)20(28)22-14-11-29-16-8-5-9-21-18(16)23-19(14)27/h2-10,14H,11H2,1H3,(H,22,28)(H,21,23,27)/t14-/m0/s1. The van der Waals surface area contributed by atoms with Gasteiger partial charge in [0.25, 0.3) is 11.8 Å². The van der Waals surface area contributed by atoms with Crippen LogP contribution in [0.1, 0.15) is 16.2 Å². The second-order valence-corrected chi connectivity index (χ2v) is 6.42. The molecule has 3 heterocycles. The van der Waals surface area contributed by atoms with E-state index in [4.69, 9.17) is 4.74 Å². The van der Waals surface area contributed by atoms with Crippen LogP contribution in [0, 0.1) is 6.92 Å². The van der Waals surface area contributed by atoms with Crippen molar-refractivity contribution in [2.24, 2.45) is 0 Å². The maximum Gasteiger partial charge on any atom is 0.276 e. The van der Waals surface area contributed by atoms with E-state index in [1.54, 1.807) is 19.1 Å². The van der Waals surface area contributed by atoms with Gasteiger partial charge < -0.3 is 15.4 Å². The highest BCUT2D eigenvalue weighted by atomic mass is 16.5. The second-order valence-electron chi connectivity index (χ2n) is 6.42. The smallest absolute Gasteiger partial charge is 0.276 e. The van der Waals surface area contributed by atoms with Gasteiger partial charge in [-0.25, -0.2) is 9.67 Å². The van der Waals surface area contributed by atoms with Crippen LogP contribution in [0.15, 0.2) is 59.5 Å². The molecule has 4 rings (SSSR count). The zero-order valence-electron chi connectivity index (χ0n) is 15.5. The Kier molecular flexibility index (Phi) is 4.78. The number of ether oxygens (including phenoxy) is 1. The van der Waals surface area contributed by atoms with Crippen molar-refractivity contribution in [3.63, 3.8) is 0 Å². The van der Waals surface area contributed by atoms with Crippen LogP contribution in [0.2, 0.25) is 0 Å². The molecule has 1 atom stereocenters. The molecule has 0 radical (unpaired) electrons. The van der Waals surface area contributed by atoms with Gasteiger partial charge in [-0.3, -0.25) is 14.4 Å². The molecule has 146 valence electrons. The lowest BCUT2D eigenvalue weighted by atomic mass is 10.2. The third-order valence-corrected chi connectivity index (χ3v) is 4.36. The molecule has 0 bridgehead atoms. The molecule has 2 amide bonds. The molecule has 1 aromatic carbocycles. The Bertz CT molecular complexity index is 1140. The van der Waals surface area contributed by atoms with E-state index in [0.717, 1.165) is 0 Å². The number of hydrogen-bond acceptors (Lipinski definition) is 6. The van der Waals surface area contributed by atoms with E-state index in [1.807, 2.05) is 30.3 Å². The molecule has 0 aliphatic carbocycles. The molecule has 0 saturated heterocycles. The van der Waals surface area contributed by atoms with Gasteiger partial charge in [-0.2, -0.15) is 5.10 Å². The summed E-state index contributed by atoms with van der Waals surface area (Å²) in [5.74, 6) is -0.583. The van der Waals surface area contributed by atoms with Crippen molar-refractivity contribution >= 4 is 17.6 Å². The highest BCUT2D eigenvalue weighted by Gasteiger charge is 2.28. The van der Waals surface area contributed by atoms with Crippen molar-refractivity contribution in [1.29, 1.82) is 0 Å². The fourth-order valence-corrected chi connectivity index (χ4v) is 2.92. The number of anilines is 1. The number of nitrogens with one attached hydrogen (secondary N) is 2. The summed E-state index contributed by atoms with van der Waals surface area (Å²) in [6.07, 6.45) is 1.52. The van der Waals surface area contributed by atoms with Crippen LogP contribution in [0.4, 0.5) is 5.82 Å². The van der Waals surface area contributed by atoms with E-state index < -0.39 is 23.3 Å². The van der Waals surface area contributed by atoms with Gasteiger partial charge in [0, 0.05) is 18.0 Å². The van der Waals surface area contributed by atoms with Crippen molar-refractivity contribution in [3.05, 3.63) is 76.3 Å². The number of benzene rings is 1. The first-order chi connectivity index (χ1) is 14.0. The summed E-state index contributed by atoms with van der Waals surface area (Å²) in [7, 11) is 0. The minimum Gasteiger partial charge on any atom is -0.487 e. The fraction of sp³-hybridized carbons (Fsp3) is 0.150. The second kappa shape index (κ2) is 7.55. The Hall–Kier alpha value is -4.01. The SMILES string of the molecule is Cc1cc(=O)c(C(=O)N[C@H]2COc3cccnc3NC2=O)nn1-c1ccccc1. The predicted octanol–water partition coefficient (Wildman–Crippen LogP) is 1.07. The van der Waals surface area contributed by atoms with E-state index >= 15 is 0 Å². The maximum atomic E-state index is 12.7. The third kappa shape index (κ3) is 3.70. The van der Waals surface area contributed by atoms with E-state index in [-0.39, 0.29) is 18.1 Å². The summed E-state index contributed by atoms with van der Waals surface area (Å²) in [5.41, 5.74) is 0.435. The number of pyridine rings is 1. The Balaban J connectivity index is 1.59. The first-order valence-corrected chi connectivity index (χ1v) is 8.89. The van der Waals surface area contributed by atoms with Crippen molar-refractivity contribution in [3.8, 4) is 11.4 Å². The van der Waals surface area contributed by atoms with Crippen molar-refractivity contribution < 1.29 is 14.3 Å². The molecule has 1 aliphatic rings. The quantitative estimate of drug-likeness (QED) is 0.690. The summed E-state index contributed by atoms with van der Waals surface area (Å²) >= 11 is 0. The molecule has 9 nitrogen and oxygen atoms in total. The summed E-state index contributed by atoms with van der Waals surface area (Å²) in [4.78, 5) is 41.5. The number of nitrogens with zero attached hydrogens (tertiary/aromatic N) is 3. The molecule has 3 aromatic rings. The largest absolute Gasteiger partial charge is 0.487 e. The van der Waals surface area contributed by atoms with Crippen LogP contribution in [-0.2, 0) is 4.79 Å². The normalized spacial score (nSPS) is 15.5. The Morgan fingerprint density at radius 1 is 1.21 bits per heavy atom. The summed E-state index contributed by atoms with van der Waals surface area (Å²) in [6.45, 7) is 1.62. The number of para-hydroxylation sites is 1. The molecular formula is C20H17N5O4. The van der Waals surface area contributed by atoms with Crippen LogP contribution >= 0.6 is 0 Å². The highest BCUT2D eigenvalue weighted by molar-refractivity contribution is 6.01. The molecule has 2 aromatic heterocycles. The van der Waals surface area contributed by atoms with Crippen LogP contribution in [0.25, 0.3) is 5.69 Å². The fourth-order valence-electron chi connectivity index (χ4n) is 2.92. The third-order valence-electron chi connectivity index (χ3n) is 4.36. The number of fused-ring (bicyclic) bond motifs is 1. The van der Waals surface area contributed by atoms with Crippen molar-refractivity contribution in [1.82, 2.24) is 20.1 Å². The average Bonchev–Trinajstić information content (AvgIpc) is 2.87. The molecule has 1 aliphatic heterocycles. The number of amides is 2. The van der Waals surface area contributed by atoms with Crippen LogP contribution < -0.4 is 20.8 Å². The molecule has 2 N–H and O–H groups in total. The Morgan fingerprint density at radius 3 is 2.79 bits per heavy atom. The van der Waals surface area contributed by atoms with Gasteiger partial charge in [-0.05, 0) is 31.2 Å². The van der Waals surface area contributed by atoms with E-state index in [9.17, 15) is 14.4 Å². The predicted molar refractivity (Wildman–Crippen MR) is 104 cm³/mol. The summed E-state index contributed by atoms with van der Waals surface area (Å²) in [6, 6.07) is 12.8. The highest BCUT2D eigenvalue weighted by Crippen LogP contribution is 2.23. The molecular weight excluding hydrogens is 374 g/mol. The van der Waals surface area contributed by atoms with E-state index in [2.05, 4.69) is 20.7 Å². The molecule has 0 unspecified atom stereocenters. The number of aryl methyl sites for hydroxylation is 1. The Morgan fingerprint density at radius 2 is 2.00 bits per heavy atom. The van der Waals surface area contributed by atoms with Gasteiger partial charge in [0.2, 0.25) is 5.43 Å². The van der Waals surface area contributed by atoms with Crippen LogP contribution in [0.3, 0.4) is 0 Å². The van der Waals surface area contributed by atoms with Gasteiger partial charge in [-0.15, -0.1) is 0 Å². The number of carbonyl (C=O) groups is 2. The minimum atomic E-state index is -1.01. The van der Waals surface area contributed by atoms with Crippen molar-refractivity contribution in [2.75, 3.05) is 11.9 Å². The topological polar surface area (TPSA) is 115 Å². The van der Waals surface area contributed by atoms with Crippen LogP contribution in [-0.4, -0.2) is 39.2 Å². The maximum absolute atomic E-state index is 12.7. The average molecular weight is 391 g/mol. The monoisotopic (exact) mass is 391 g/mol. The first kappa shape index (κ1) is 18.4. The lowest BCUT2D eigenvalue weighted by molar-refractivity contribution is -0.118. The van der Waals surface area contributed by atoms with Gasteiger partial charge in [-0.1, -0.05) is 18.2 Å². The van der Waals surface area contributed by atoms with Gasteiger partial charge in [0.1, 0.15) is 12.6 Å². The zero-order chi connectivity index (χ0) is 20.4. The van der Waals surface area contributed by atoms with E-state index in [1.165, 1.54) is 16.9 Å². The molecule has 29 heavy (non-hydrogen) atoms. The van der Waals surface area contributed by atoms with Gasteiger partial charge in [0.15, 0.2) is 17.3 Å². The van der Waals surface area contributed by atoms with Gasteiger partial charge >= 0.3 is 0 Å². The van der Waals surface area contributed by atoms with Gasteiger partial charge in [0.05, 0.1) is 5.69 Å². The molecule has 9 heteroatoms. The van der Waals surface area contributed by atoms with E-state index in [0.29, 0.717) is 17.1 Å². The number of rotatable bonds is 3. The summed E-state index contributed by atoms with van der Waals surface area (Å²) in [5, 5.41) is 9.32. The Labute approximate surface area is 165 Å².